The first-order chi connectivity index (χ1) is 8.72. The molecule has 2 aliphatic rings. The van der Waals surface area contributed by atoms with Crippen molar-refractivity contribution in [2.45, 2.75) is 18.1 Å². The quantitative estimate of drug-likeness (QED) is 0.682. The highest BCUT2D eigenvalue weighted by atomic mass is 32.2. The Labute approximate surface area is 110 Å². The van der Waals surface area contributed by atoms with E-state index < -0.39 is 0 Å². The lowest BCUT2D eigenvalue weighted by molar-refractivity contribution is -0.129. The highest BCUT2D eigenvalue weighted by Crippen LogP contribution is 2.31. The zero-order valence-electron chi connectivity index (χ0n) is 10.3. The summed E-state index contributed by atoms with van der Waals surface area (Å²) in [6.45, 7) is 2.56. The molecule has 0 aliphatic carbocycles. The molecule has 2 aliphatic heterocycles. The van der Waals surface area contributed by atoms with Gasteiger partial charge in [-0.25, -0.2) is 0 Å². The fraction of sp³-hybridized carbons (Fsp3) is 0.727. The Bertz CT molecular complexity index is 373. The lowest BCUT2D eigenvalue weighted by Crippen LogP contribution is -2.34. The standard InChI is InChI=1S/C11H17N3O3S/c1-17-6-2-3-12-9(15)7-8-10(16)14-5-4-13-11(14)18-8/h8H,2-7H2,1H3,(H,12,15)/t8-/m0/s1. The molecule has 2 rings (SSSR count). The third-order valence-electron chi connectivity index (χ3n) is 2.81. The summed E-state index contributed by atoms with van der Waals surface area (Å²) in [5, 5.41) is 3.26. The molecular weight excluding hydrogens is 254 g/mol. The summed E-state index contributed by atoms with van der Waals surface area (Å²) in [6.07, 6.45) is 1.01. The van der Waals surface area contributed by atoms with Gasteiger partial charge in [0.25, 0.3) is 0 Å². The number of rotatable bonds is 6. The topological polar surface area (TPSA) is 71.0 Å². The number of hydrogen-bond donors (Lipinski definition) is 1. The predicted molar refractivity (Wildman–Crippen MR) is 69.5 cm³/mol. The van der Waals surface area contributed by atoms with Gasteiger partial charge in [0.1, 0.15) is 5.25 Å². The average Bonchev–Trinajstić information content (AvgIpc) is 2.90. The molecule has 0 aromatic rings. The predicted octanol–water partition coefficient (Wildman–Crippen LogP) is -0.157. The molecule has 100 valence electrons. The van der Waals surface area contributed by atoms with Crippen LogP contribution in [0, 0.1) is 0 Å². The maximum atomic E-state index is 11.9. The Kier molecular flexibility index (Phi) is 4.60. The highest BCUT2D eigenvalue weighted by molar-refractivity contribution is 8.15. The lowest BCUT2D eigenvalue weighted by Gasteiger charge is -2.10. The summed E-state index contributed by atoms with van der Waals surface area (Å²) >= 11 is 1.40. The Balaban J connectivity index is 1.73. The van der Waals surface area contributed by atoms with Crippen LogP contribution in [0.3, 0.4) is 0 Å². The van der Waals surface area contributed by atoms with Gasteiger partial charge in [-0.15, -0.1) is 0 Å². The van der Waals surface area contributed by atoms with E-state index in [2.05, 4.69) is 10.3 Å². The van der Waals surface area contributed by atoms with Gasteiger partial charge < -0.3 is 10.1 Å². The molecule has 0 bridgehead atoms. The summed E-state index contributed by atoms with van der Waals surface area (Å²) in [7, 11) is 1.63. The van der Waals surface area contributed by atoms with Gasteiger partial charge in [-0.1, -0.05) is 11.8 Å². The van der Waals surface area contributed by atoms with E-state index in [1.165, 1.54) is 11.8 Å². The fourth-order valence-electron chi connectivity index (χ4n) is 1.90. The van der Waals surface area contributed by atoms with Gasteiger partial charge >= 0.3 is 0 Å². The normalized spacial score (nSPS) is 22.1. The minimum atomic E-state index is -0.300. The molecule has 6 nitrogen and oxygen atoms in total. The number of carbonyl (C=O) groups excluding carboxylic acids is 2. The van der Waals surface area contributed by atoms with Crippen molar-refractivity contribution < 1.29 is 14.3 Å². The zero-order chi connectivity index (χ0) is 13.0. The van der Waals surface area contributed by atoms with Crippen molar-refractivity contribution >= 4 is 28.7 Å². The highest BCUT2D eigenvalue weighted by Gasteiger charge is 2.40. The van der Waals surface area contributed by atoms with Gasteiger partial charge in [0, 0.05) is 33.2 Å². The minimum Gasteiger partial charge on any atom is -0.385 e. The largest absolute Gasteiger partial charge is 0.385 e. The molecule has 0 radical (unpaired) electrons. The maximum Gasteiger partial charge on any atom is 0.242 e. The van der Waals surface area contributed by atoms with E-state index in [-0.39, 0.29) is 23.5 Å². The van der Waals surface area contributed by atoms with Gasteiger partial charge in [-0.2, -0.15) is 0 Å². The molecule has 1 atom stereocenters. The summed E-state index contributed by atoms with van der Waals surface area (Å²) in [4.78, 5) is 29.5. The molecule has 0 aromatic carbocycles. The van der Waals surface area contributed by atoms with E-state index >= 15 is 0 Å². The number of ether oxygens (including phenoxy) is 1. The zero-order valence-corrected chi connectivity index (χ0v) is 11.2. The number of carbonyl (C=O) groups is 2. The van der Waals surface area contributed by atoms with E-state index in [0.717, 1.165) is 11.6 Å². The van der Waals surface area contributed by atoms with Gasteiger partial charge in [-0.3, -0.25) is 19.5 Å². The van der Waals surface area contributed by atoms with Gasteiger partial charge in [-0.05, 0) is 6.42 Å². The molecule has 0 unspecified atom stereocenters. The molecule has 1 saturated heterocycles. The maximum absolute atomic E-state index is 11.9. The first-order valence-electron chi connectivity index (χ1n) is 6.00. The number of amides is 2. The molecule has 18 heavy (non-hydrogen) atoms. The number of nitrogens with zero attached hydrogens (tertiary/aromatic N) is 2. The lowest BCUT2D eigenvalue weighted by atomic mass is 10.2. The van der Waals surface area contributed by atoms with Crippen LogP contribution < -0.4 is 5.32 Å². The van der Waals surface area contributed by atoms with Crippen LogP contribution in [0.1, 0.15) is 12.8 Å². The van der Waals surface area contributed by atoms with Crippen molar-refractivity contribution in [1.29, 1.82) is 0 Å². The number of hydrogen-bond acceptors (Lipinski definition) is 5. The summed E-state index contributed by atoms with van der Waals surface area (Å²) in [5.74, 6) is -0.0676. The molecule has 2 heterocycles. The molecule has 1 N–H and O–H groups in total. The number of methoxy groups -OCH3 is 1. The van der Waals surface area contributed by atoms with Crippen molar-refractivity contribution in [1.82, 2.24) is 10.2 Å². The number of amidine groups is 1. The van der Waals surface area contributed by atoms with Gasteiger partial charge in [0.05, 0.1) is 6.54 Å². The van der Waals surface area contributed by atoms with Crippen molar-refractivity contribution in [2.75, 3.05) is 33.4 Å². The van der Waals surface area contributed by atoms with Crippen LogP contribution in [-0.2, 0) is 14.3 Å². The van der Waals surface area contributed by atoms with Crippen LogP contribution in [0.5, 0.6) is 0 Å². The second-order valence-electron chi connectivity index (χ2n) is 4.16. The van der Waals surface area contributed by atoms with Crippen molar-refractivity contribution in [2.24, 2.45) is 4.99 Å². The monoisotopic (exact) mass is 271 g/mol. The smallest absolute Gasteiger partial charge is 0.242 e. The Hall–Kier alpha value is -1.08. The Morgan fingerprint density at radius 3 is 3.22 bits per heavy atom. The van der Waals surface area contributed by atoms with E-state index in [4.69, 9.17) is 4.74 Å². The van der Waals surface area contributed by atoms with E-state index in [9.17, 15) is 9.59 Å². The van der Waals surface area contributed by atoms with Crippen LogP contribution in [0.2, 0.25) is 0 Å². The van der Waals surface area contributed by atoms with Crippen LogP contribution in [0.15, 0.2) is 4.99 Å². The number of thioether (sulfide) groups is 1. The SMILES string of the molecule is COCCCNC(=O)C[C@@H]1SC2=NCCN2C1=O. The van der Waals surface area contributed by atoms with Crippen LogP contribution in [0.4, 0.5) is 0 Å². The second-order valence-corrected chi connectivity index (χ2v) is 5.33. The average molecular weight is 271 g/mol. The summed E-state index contributed by atoms with van der Waals surface area (Å²) < 4.78 is 4.89. The van der Waals surface area contributed by atoms with Crippen molar-refractivity contribution in [3.8, 4) is 0 Å². The summed E-state index contributed by atoms with van der Waals surface area (Å²) in [5.41, 5.74) is 0. The van der Waals surface area contributed by atoms with Crippen molar-refractivity contribution in [3.05, 3.63) is 0 Å². The van der Waals surface area contributed by atoms with Crippen LogP contribution in [-0.4, -0.2) is 60.5 Å². The van der Waals surface area contributed by atoms with E-state index in [1.54, 1.807) is 12.0 Å². The van der Waals surface area contributed by atoms with Crippen LogP contribution >= 0.6 is 11.8 Å². The van der Waals surface area contributed by atoms with Crippen LogP contribution in [0.25, 0.3) is 0 Å². The van der Waals surface area contributed by atoms with Crippen molar-refractivity contribution in [3.63, 3.8) is 0 Å². The Morgan fingerprint density at radius 2 is 2.50 bits per heavy atom. The third kappa shape index (κ3) is 3.02. The molecule has 7 heteroatoms. The molecule has 0 spiro atoms. The van der Waals surface area contributed by atoms with E-state index in [0.29, 0.717) is 26.2 Å². The Morgan fingerprint density at radius 1 is 1.67 bits per heavy atom. The minimum absolute atomic E-state index is 0.0169. The molecule has 1 fully saturated rings. The number of fused-ring (bicyclic) bond motifs is 1. The first kappa shape index (κ1) is 13.4. The second kappa shape index (κ2) is 6.19. The fourth-order valence-corrected chi connectivity index (χ4v) is 3.09. The molecule has 2 amide bonds. The van der Waals surface area contributed by atoms with E-state index in [1.807, 2.05) is 0 Å². The van der Waals surface area contributed by atoms with Gasteiger partial charge in [0.15, 0.2) is 5.17 Å². The third-order valence-corrected chi connectivity index (χ3v) is 4.02. The first-order valence-corrected chi connectivity index (χ1v) is 6.88. The summed E-state index contributed by atoms with van der Waals surface area (Å²) in [6, 6.07) is 0. The number of aliphatic imine (C=N–C) groups is 1. The van der Waals surface area contributed by atoms with Gasteiger partial charge in [0.2, 0.25) is 11.8 Å². The molecular formula is C11H17N3O3S. The molecule has 0 saturated carbocycles. The number of nitrogens with one attached hydrogen (secondary N) is 1. The molecule has 0 aromatic heterocycles.